The van der Waals surface area contributed by atoms with Crippen LogP contribution < -0.4 is 5.73 Å². The normalized spacial score (nSPS) is 9.26. The van der Waals surface area contributed by atoms with Gasteiger partial charge in [-0.2, -0.15) is 9.98 Å². The molecule has 0 amide bonds. The minimum absolute atomic E-state index is 0.322. The van der Waals surface area contributed by atoms with Crippen LogP contribution in [-0.4, -0.2) is 20.3 Å². The number of hydrogen-bond donors (Lipinski definition) is 1. The first-order chi connectivity index (χ1) is 9.27. The lowest BCUT2D eigenvalue weighted by atomic mass is 10.2. The smallest absolute Gasteiger partial charge is 0.127 e. The highest BCUT2D eigenvalue weighted by atomic mass is 32.1. The van der Waals surface area contributed by atoms with Crippen molar-refractivity contribution in [1.82, 2.24) is 9.97 Å². The van der Waals surface area contributed by atoms with Crippen LogP contribution in [0.5, 0.6) is 0 Å². The number of thiocarbonyl (C=S) groups is 2. The molecule has 0 aliphatic rings. The quantitative estimate of drug-likeness (QED) is 0.692. The van der Waals surface area contributed by atoms with E-state index >= 15 is 0 Å². The van der Waals surface area contributed by atoms with Crippen LogP contribution in [0, 0.1) is 0 Å². The Morgan fingerprint density at radius 1 is 1.11 bits per heavy atom. The summed E-state index contributed by atoms with van der Waals surface area (Å²) in [6, 6.07) is 5.45. The summed E-state index contributed by atoms with van der Waals surface area (Å²) >= 11 is 9.16. The number of nitrogen functional groups attached to an aromatic ring is 1. The predicted molar refractivity (Wildman–Crippen MR) is 81.3 cm³/mol. The lowest BCUT2D eigenvalue weighted by molar-refractivity contribution is 1.24. The third-order valence-corrected chi connectivity index (χ3v) is 2.48. The molecule has 0 unspecified atom stereocenters. The molecule has 0 aromatic carbocycles. The molecule has 2 aromatic heterocycles. The molecule has 0 fully saturated rings. The van der Waals surface area contributed by atoms with E-state index in [0.717, 1.165) is 0 Å². The number of isothiocyanates is 2. The van der Waals surface area contributed by atoms with Gasteiger partial charge in [-0.25, -0.2) is 4.98 Å². The van der Waals surface area contributed by atoms with E-state index in [-0.39, 0.29) is 0 Å². The summed E-state index contributed by atoms with van der Waals surface area (Å²) in [5.41, 5.74) is 8.25. The molecule has 92 valence electrons. The lowest BCUT2D eigenvalue weighted by Gasteiger charge is -2.07. The van der Waals surface area contributed by atoms with Crippen LogP contribution in [0.1, 0.15) is 0 Å². The Morgan fingerprint density at radius 3 is 2.53 bits per heavy atom. The average Bonchev–Trinajstić information content (AvgIpc) is 2.44. The fraction of sp³-hybridized carbons (Fsp3) is 0. The zero-order valence-corrected chi connectivity index (χ0v) is 11.2. The third kappa shape index (κ3) is 2.76. The van der Waals surface area contributed by atoms with Gasteiger partial charge in [-0.05, 0) is 36.6 Å². The highest BCUT2D eigenvalue weighted by molar-refractivity contribution is 7.78. The molecular formula is C12H7N5S2. The Hall–Kier alpha value is -2.30. The molecule has 0 saturated carbocycles. The van der Waals surface area contributed by atoms with Crippen molar-refractivity contribution in [2.24, 2.45) is 9.98 Å². The maximum atomic E-state index is 6.03. The topological polar surface area (TPSA) is 76.5 Å². The van der Waals surface area contributed by atoms with Gasteiger partial charge in [0.05, 0.1) is 27.9 Å². The van der Waals surface area contributed by atoms with E-state index in [1.165, 1.54) is 6.20 Å². The van der Waals surface area contributed by atoms with E-state index in [2.05, 4.69) is 54.7 Å². The van der Waals surface area contributed by atoms with E-state index in [0.29, 0.717) is 28.5 Å². The van der Waals surface area contributed by atoms with E-state index < -0.39 is 0 Å². The number of anilines is 1. The van der Waals surface area contributed by atoms with Gasteiger partial charge in [-0.1, -0.05) is 6.07 Å². The summed E-state index contributed by atoms with van der Waals surface area (Å²) in [5.74, 6) is 0. The molecule has 2 aromatic rings. The number of aromatic nitrogens is 2. The van der Waals surface area contributed by atoms with Crippen LogP contribution >= 0.6 is 24.4 Å². The molecule has 19 heavy (non-hydrogen) atoms. The Balaban J connectivity index is 2.70. The van der Waals surface area contributed by atoms with Gasteiger partial charge >= 0.3 is 0 Å². The molecule has 7 heteroatoms. The van der Waals surface area contributed by atoms with Gasteiger partial charge in [-0.3, -0.25) is 4.98 Å². The Labute approximate surface area is 120 Å². The number of aliphatic imine (C=N–C) groups is 2. The van der Waals surface area contributed by atoms with Gasteiger partial charge in [0.15, 0.2) is 0 Å². The van der Waals surface area contributed by atoms with Gasteiger partial charge in [0.2, 0.25) is 0 Å². The molecule has 0 spiro atoms. The SMILES string of the molecule is Nc1c(-c2ccccn2)ncc(N=C=S)c1N=C=S. The fourth-order valence-corrected chi connectivity index (χ4v) is 1.70. The first kappa shape index (κ1) is 13.1. The van der Waals surface area contributed by atoms with Gasteiger partial charge in [-0.15, -0.1) is 0 Å². The second-order valence-electron chi connectivity index (χ2n) is 3.38. The maximum Gasteiger partial charge on any atom is 0.127 e. The van der Waals surface area contributed by atoms with Crippen molar-refractivity contribution in [1.29, 1.82) is 0 Å². The zero-order valence-electron chi connectivity index (χ0n) is 9.57. The van der Waals surface area contributed by atoms with Crippen LogP contribution in [-0.2, 0) is 0 Å². The van der Waals surface area contributed by atoms with Crippen LogP contribution in [0.15, 0.2) is 40.6 Å². The number of nitrogens with zero attached hydrogens (tertiary/aromatic N) is 4. The summed E-state index contributed by atoms with van der Waals surface area (Å²) in [7, 11) is 0. The van der Waals surface area contributed by atoms with Gasteiger partial charge in [0, 0.05) is 6.20 Å². The molecule has 5 nitrogen and oxygen atoms in total. The van der Waals surface area contributed by atoms with Gasteiger partial charge in [0.1, 0.15) is 17.1 Å². The lowest BCUT2D eigenvalue weighted by Crippen LogP contribution is -1.95. The van der Waals surface area contributed by atoms with Crippen molar-refractivity contribution in [3.8, 4) is 11.4 Å². The number of nitrogens with two attached hydrogens (primary N) is 1. The Morgan fingerprint density at radius 2 is 1.89 bits per heavy atom. The van der Waals surface area contributed by atoms with E-state index in [4.69, 9.17) is 5.73 Å². The second-order valence-corrected chi connectivity index (χ2v) is 3.74. The van der Waals surface area contributed by atoms with E-state index in [1.54, 1.807) is 18.3 Å². The monoisotopic (exact) mass is 285 g/mol. The summed E-state index contributed by atoms with van der Waals surface area (Å²) in [6.07, 6.45) is 3.15. The molecular weight excluding hydrogens is 278 g/mol. The van der Waals surface area contributed by atoms with Crippen molar-refractivity contribution >= 4 is 51.8 Å². The molecule has 2 N–H and O–H groups in total. The minimum Gasteiger partial charge on any atom is -0.395 e. The third-order valence-electron chi connectivity index (χ3n) is 2.30. The standard InChI is InChI=1S/C12H7N5S2/c13-10-11(8-3-1-2-4-14-8)15-5-9(16-6-18)12(10)17-7-19/h1-5H,13H2. The van der Waals surface area contributed by atoms with Crippen molar-refractivity contribution < 1.29 is 0 Å². The van der Waals surface area contributed by atoms with E-state index in [1.807, 2.05) is 6.07 Å². The Bertz CT molecular complexity index is 702. The van der Waals surface area contributed by atoms with Crippen molar-refractivity contribution in [3.05, 3.63) is 30.6 Å². The molecule has 0 aliphatic heterocycles. The molecule has 0 saturated heterocycles. The zero-order chi connectivity index (χ0) is 13.7. The predicted octanol–water partition coefficient (Wildman–Crippen LogP) is 3.19. The molecule has 2 heterocycles. The second kappa shape index (κ2) is 6.04. The highest BCUT2D eigenvalue weighted by Crippen LogP contribution is 2.37. The molecule has 2 rings (SSSR count). The maximum absolute atomic E-state index is 6.03. The average molecular weight is 285 g/mol. The van der Waals surface area contributed by atoms with Crippen molar-refractivity contribution in [2.45, 2.75) is 0 Å². The highest BCUT2D eigenvalue weighted by Gasteiger charge is 2.13. The molecule has 0 bridgehead atoms. The van der Waals surface area contributed by atoms with Crippen LogP contribution in [0.25, 0.3) is 11.4 Å². The summed E-state index contributed by atoms with van der Waals surface area (Å²) < 4.78 is 0. The van der Waals surface area contributed by atoms with E-state index in [9.17, 15) is 0 Å². The summed E-state index contributed by atoms with van der Waals surface area (Å²) in [4.78, 5) is 16.2. The number of pyridine rings is 2. The van der Waals surface area contributed by atoms with Crippen molar-refractivity contribution in [2.75, 3.05) is 5.73 Å². The number of hydrogen-bond acceptors (Lipinski definition) is 7. The van der Waals surface area contributed by atoms with Gasteiger partial charge in [0.25, 0.3) is 0 Å². The molecule has 0 aliphatic carbocycles. The van der Waals surface area contributed by atoms with Crippen LogP contribution in [0.2, 0.25) is 0 Å². The first-order valence-corrected chi connectivity index (χ1v) is 5.95. The largest absolute Gasteiger partial charge is 0.395 e. The Kier molecular flexibility index (Phi) is 4.18. The van der Waals surface area contributed by atoms with Crippen LogP contribution in [0.4, 0.5) is 17.1 Å². The van der Waals surface area contributed by atoms with Crippen LogP contribution in [0.3, 0.4) is 0 Å². The first-order valence-electron chi connectivity index (χ1n) is 5.13. The summed E-state index contributed by atoms with van der Waals surface area (Å²) in [5, 5.41) is 4.51. The summed E-state index contributed by atoms with van der Waals surface area (Å²) in [6.45, 7) is 0. The molecule has 0 atom stereocenters. The fourth-order valence-electron chi connectivity index (χ4n) is 1.51. The molecule has 0 radical (unpaired) electrons. The minimum atomic E-state index is 0.322. The van der Waals surface area contributed by atoms with Crippen molar-refractivity contribution in [3.63, 3.8) is 0 Å². The number of rotatable bonds is 3. The van der Waals surface area contributed by atoms with Gasteiger partial charge < -0.3 is 5.73 Å².